The molecule has 0 atom stereocenters. The van der Waals surface area contributed by atoms with Crippen LogP contribution in [0.5, 0.6) is 5.88 Å². The van der Waals surface area contributed by atoms with Crippen molar-refractivity contribution in [2.75, 3.05) is 11.9 Å². The predicted octanol–water partition coefficient (Wildman–Crippen LogP) is 2.89. The summed E-state index contributed by atoms with van der Waals surface area (Å²) in [7, 11) is 0. The molecule has 0 saturated heterocycles. The van der Waals surface area contributed by atoms with Crippen LogP contribution in [-0.2, 0) is 0 Å². The summed E-state index contributed by atoms with van der Waals surface area (Å²) in [5.74, 6) is 0.0927. The molecule has 1 heterocycles. The first-order valence-electron chi connectivity index (χ1n) is 5.72. The zero-order valence-corrected chi connectivity index (χ0v) is 11.8. The van der Waals surface area contributed by atoms with E-state index in [0.29, 0.717) is 18.2 Å². The SMILES string of the molecule is CCOc1ccc(C(=O)Nc2cccc(Br)c2)nn1. The zero-order chi connectivity index (χ0) is 13.7. The van der Waals surface area contributed by atoms with Gasteiger partial charge in [0.2, 0.25) is 5.88 Å². The number of aromatic nitrogens is 2. The summed E-state index contributed by atoms with van der Waals surface area (Å²) < 4.78 is 6.05. The van der Waals surface area contributed by atoms with Crippen LogP contribution >= 0.6 is 15.9 Å². The largest absolute Gasteiger partial charge is 0.477 e. The standard InChI is InChI=1S/C13H12BrN3O2/c1-2-19-12-7-6-11(16-17-12)13(18)15-10-5-3-4-9(14)8-10/h3-8H,2H2,1H3,(H,15,18). The van der Waals surface area contributed by atoms with Crippen LogP contribution < -0.4 is 10.1 Å². The van der Waals surface area contributed by atoms with Crippen LogP contribution in [0.3, 0.4) is 0 Å². The molecule has 0 unspecified atom stereocenters. The second kappa shape index (κ2) is 6.29. The second-order valence-electron chi connectivity index (χ2n) is 3.65. The maximum absolute atomic E-state index is 11.9. The molecule has 1 amide bonds. The maximum Gasteiger partial charge on any atom is 0.276 e. The minimum atomic E-state index is -0.311. The molecule has 1 aromatic heterocycles. The minimum absolute atomic E-state index is 0.239. The second-order valence-corrected chi connectivity index (χ2v) is 4.57. The first-order chi connectivity index (χ1) is 9.19. The molecule has 0 aliphatic rings. The van der Waals surface area contributed by atoms with E-state index in [1.54, 1.807) is 24.3 Å². The number of rotatable bonds is 4. The summed E-state index contributed by atoms with van der Waals surface area (Å²) >= 11 is 3.34. The summed E-state index contributed by atoms with van der Waals surface area (Å²) in [4.78, 5) is 11.9. The van der Waals surface area contributed by atoms with Gasteiger partial charge in [0.05, 0.1) is 6.61 Å². The Balaban J connectivity index is 2.07. The lowest BCUT2D eigenvalue weighted by molar-refractivity contribution is 0.102. The molecule has 0 saturated carbocycles. The summed E-state index contributed by atoms with van der Waals surface area (Å²) in [5, 5.41) is 10.4. The fourth-order valence-electron chi connectivity index (χ4n) is 1.43. The number of halogens is 1. The van der Waals surface area contributed by atoms with Crippen molar-refractivity contribution >= 4 is 27.5 Å². The number of nitrogens with zero attached hydrogens (tertiary/aromatic N) is 2. The molecular formula is C13H12BrN3O2. The quantitative estimate of drug-likeness (QED) is 0.940. The van der Waals surface area contributed by atoms with Gasteiger partial charge < -0.3 is 10.1 Å². The van der Waals surface area contributed by atoms with Gasteiger partial charge in [0.15, 0.2) is 5.69 Å². The Morgan fingerprint density at radius 2 is 2.16 bits per heavy atom. The van der Waals surface area contributed by atoms with Gasteiger partial charge in [-0.05, 0) is 31.2 Å². The van der Waals surface area contributed by atoms with E-state index in [9.17, 15) is 4.79 Å². The molecule has 19 heavy (non-hydrogen) atoms. The van der Waals surface area contributed by atoms with Crippen molar-refractivity contribution in [2.45, 2.75) is 6.92 Å². The molecule has 0 bridgehead atoms. The molecule has 0 aliphatic carbocycles. The number of carbonyl (C=O) groups excluding carboxylic acids is 1. The van der Waals surface area contributed by atoms with E-state index >= 15 is 0 Å². The van der Waals surface area contributed by atoms with Crippen LogP contribution in [0.15, 0.2) is 40.9 Å². The molecule has 0 spiro atoms. The van der Waals surface area contributed by atoms with Gasteiger partial charge >= 0.3 is 0 Å². The Labute approximate surface area is 119 Å². The topological polar surface area (TPSA) is 64.1 Å². The van der Waals surface area contributed by atoms with Gasteiger partial charge in [-0.1, -0.05) is 22.0 Å². The van der Waals surface area contributed by atoms with Crippen LogP contribution in [0.1, 0.15) is 17.4 Å². The number of amides is 1. The Morgan fingerprint density at radius 1 is 1.32 bits per heavy atom. The molecule has 0 radical (unpaired) electrons. The summed E-state index contributed by atoms with van der Waals surface area (Å²) in [5.41, 5.74) is 0.929. The molecule has 0 aliphatic heterocycles. The number of benzene rings is 1. The minimum Gasteiger partial charge on any atom is -0.477 e. The van der Waals surface area contributed by atoms with Gasteiger partial charge in [-0.15, -0.1) is 10.2 Å². The fraction of sp³-hybridized carbons (Fsp3) is 0.154. The normalized spacial score (nSPS) is 10.0. The van der Waals surface area contributed by atoms with Crippen LogP contribution in [0.4, 0.5) is 5.69 Å². The molecule has 1 aromatic carbocycles. The zero-order valence-electron chi connectivity index (χ0n) is 10.3. The molecular weight excluding hydrogens is 310 g/mol. The summed E-state index contributed by atoms with van der Waals surface area (Å²) in [6.07, 6.45) is 0. The highest BCUT2D eigenvalue weighted by Crippen LogP contribution is 2.16. The van der Waals surface area contributed by atoms with Gasteiger partial charge in [0.25, 0.3) is 5.91 Å². The molecule has 98 valence electrons. The van der Waals surface area contributed by atoms with Crippen molar-refractivity contribution in [1.82, 2.24) is 10.2 Å². The van der Waals surface area contributed by atoms with Crippen LogP contribution in [-0.4, -0.2) is 22.7 Å². The Hall–Kier alpha value is -1.95. The number of carbonyl (C=O) groups is 1. The molecule has 5 nitrogen and oxygen atoms in total. The van der Waals surface area contributed by atoms with Gasteiger partial charge in [-0.2, -0.15) is 0 Å². The third-order valence-corrected chi connectivity index (χ3v) is 2.74. The van der Waals surface area contributed by atoms with Crippen LogP contribution in [0.2, 0.25) is 0 Å². The number of anilines is 1. The molecule has 6 heteroatoms. The third-order valence-electron chi connectivity index (χ3n) is 2.25. The van der Waals surface area contributed by atoms with Gasteiger partial charge in [0, 0.05) is 16.2 Å². The number of hydrogen-bond donors (Lipinski definition) is 1. The lowest BCUT2D eigenvalue weighted by Crippen LogP contribution is -2.14. The van der Waals surface area contributed by atoms with Crippen molar-refractivity contribution in [3.8, 4) is 5.88 Å². The van der Waals surface area contributed by atoms with Gasteiger partial charge in [-0.3, -0.25) is 4.79 Å². The smallest absolute Gasteiger partial charge is 0.276 e. The molecule has 2 rings (SSSR count). The van der Waals surface area contributed by atoms with Crippen LogP contribution in [0.25, 0.3) is 0 Å². The summed E-state index contributed by atoms with van der Waals surface area (Å²) in [6.45, 7) is 2.37. The number of nitrogens with one attached hydrogen (secondary N) is 1. The lowest BCUT2D eigenvalue weighted by Gasteiger charge is -2.05. The average molecular weight is 322 g/mol. The predicted molar refractivity (Wildman–Crippen MR) is 75.3 cm³/mol. The van der Waals surface area contributed by atoms with Gasteiger partial charge in [0.1, 0.15) is 0 Å². The van der Waals surface area contributed by atoms with Crippen molar-refractivity contribution in [1.29, 1.82) is 0 Å². The van der Waals surface area contributed by atoms with Crippen molar-refractivity contribution in [3.63, 3.8) is 0 Å². The Bertz CT molecular complexity index is 572. The third kappa shape index (κ3) is 3.75. The first-order valence-corrected chi connectivity index (χ1v) is 6.52. The monoisotopic (exact) mass is 321 g/mol. The first kappa shape index (κ1) is 13.5. The Morgan fingerprint density at radius 3 is 2.79 bits per heavy atom. The lowest BCUT2D eigenvalue weighted by atomic mass is 10.3. The van der Waals surface area contributed by atoms with Crippen molar-refractivity contribution in [2.24, 2.45) is 0 Å². The van der Waals surface area contributed by atoms with Gasteiger partial charge in [-0.25, -0.2) is 0 Å². The maximum atomic E-state index is 11.9. The number of ether oxygens (including phenoxy) is 1. The van der Waals surface area contributed by atoms with E-state index in [0.717, 1.165) is 4.47 Å². The van der Waals surface area contributed by atoms with Crippen molar-refractivity contribution in [3.05, 3.63) is 46.6 Å². The van der Waals surface area contributed by atoms with E-state index in [-0.39, 0.29) is 11.6 Å². The summed E-state index contributed by atoms with van der Waals surface area (Å²) in [6, 6.07) is 10.5. The van der Waals surface area contributed by atoms with Crippen LogP contribution in [0, 0.1) is 0 Å². The van der Waals surface area contributed by atoms with E-state index in [1.807, 2.05) is 19.1 Å². The van der Waals surface area contributed by atoms with E-state index in [4.69, 9.17) is 4.74 Å². The average Bonchev–Trinajstić information content (AvgIpc) is 2.40. The molecule has 0 fully saturated rings. The molecule has 2 aromatic rings. The van der Waals surface area contributed by atoms with E-state index in [2.05, 4.69) is 31.4 Å². The highest BCUT2D eigenvalue weighted by atomic mass is 79.9. The Kier molecular flexibility index (Phi) is 4.46. The van der Waals surface area contributed by atoms with Crippen molar-refractivity contribution < 1.29 is 9.53 Å². The number of hydrogen-bond acceptors (Lipinski definition) is 4. The van der Waals surface area contributed by atoms with E-state index < -0.39 is 0 Å². The molecule has 1 N–H and O–H groups in total. The van der Waals surface area contributed by atoms with E-state index in [1.165, 1.54) is 0 Å². The highest BCUT2D eigenvalue weighted by Gasteiger charge is 2.09. The fourth-order valence-corrected chi connectivity index (χ4v) is 1.83. The highest BCUT2D eigenvalue weighted by molar-refractivity contribution is 9.10.